The minimum absolute atomic E-state index is 0.845. The molecule has 1 unspecified atom stereocenters. The van der Waals surface area contributed by atoms with E-state index in [9.17, 15) is 0 Å². The molecule has 1 rings (SSSR count). The van der Waals surface area contributed by atoms with Crippen LogP contribution in [0.2, 0.25) is 0 Å². The van der Waals surface area contributed by atoms with Crippen molar-refractivity contribution >= 4 is 11.8 Å². The van der Waals surface area contributed by atoms with E-state index >= 15 is 0 Å². The van der Waals surface area contributed by atoms with Crippen molar-refractivity contribution in [1.29, 1.82) is 0 Å². The summed E-state index contributed by atoms with van der Waals surface area (Å²) in [7, 11) is 0. The van der Waals surface area contributed by atoms with E-state index in [-0.39, 0.29) is 0 Å². The van der Waals surface area contributed by atoms with Crippen LogP contribution in [0, 0.1) is 5.92 Å². The van der Waals surface area contributed by atoms with Crippen molar-refractivity contribution < 1.29 is 0 Å². The highest BCUT2D eigenvalue weighted by Gasteiger charge is 2.07. The van der Waals surface area contributed by atoms with E-state index in [1.165, 1.54) is 42.9 Å². The van der Waals surface area contributed by atoms with Crippen molar-refractivity contribution in [3.05, 3.63) is 30.3 Å². The largest absolute Gasteiger partial charge is 0.316 e. The minimum atomic E-state index is 0.845. The molecule has 0 aliphatic heterocycles. The molecule has 1 aromatic rings. The van der Waals surface area contributed by atoms with Crippen molar-refractivity contribution in [3.8, 4) is 0 Å². The lowest BCUT2D eigenvalue weighted by Gasteiger charge is -2.16. The lowest BCUT2D eigenvalue weighted by atomic mass is 10.0. The molecule has 0 bridgehead atoms. The van der Waals surface area contributed by atoms with E-state index in [2.05, 4.69) is 49.5 Å². The Bertz CT molecular complexity index is 286. The fourth-order valence-corrected chi connectivity index (χ4v) is 3.14. The fourth-order valence-electron chi connectivity index (χ4n) is 2.10. The van der Waals surface area contributed by atoms with Gasteiger partial charge in [-0.1, -0.05) is 38.5 Å². The van der Waals surface area contributed by atoms with Crippen molar-refractivity contribution in [2.45, 2.75) is 44.4 Å². The molecular weight excluding hydrogens is 238 g/mol. The van der Waals surface area contributed by atoms with E-state index in [1.807, 2.05) is 11.8 Å². The fraction of sp³-hybridized carbons (Fsp3) is 0.625. The maximum atomic E-state index is 3.56. The lowest BCUT2D eigenvalue weighted by molar-refractivity contribution is 0.432. The topological polar surface area (TPSA) is 12.0 Å². The van der Waals surface area contributed by atoms with Gasteiger partial charge in [0, 0.05) is 4.90 Å². The first-order valence-electron chi connectivity index (χ1n) is 7.25. The molecule has 102 valence electrons. The Hall–Kier alpha value is -0.470. The molecule has 2 heteroatoms. The first kappa shape index (κ1) is 15.6. The van der Waals surface area contributed by atoms with E-state index in [4.69, 9.17) is 0 Å². The van der Waals surface area contributed by atoms with Crippen LogP contribution in [0.15, 0.2) is 35.2 Å². The standard InChI is InChI=1S/C16H27NS/c1-3-8-15(14-17-12-4-2)11-13-18-16-9-6-5-7-10-16/h5-7,9-10,15,17H,3-4,8,11-14H2,1-2H3. The Balaban J connectivity index is 2.20. The molecule has 1 atom stereocenters. The molecule has 0 spiro atoms. The third kappa shape index (κ3) is 7.07. The van der Waals surface area contributed by atoms with Gasteiger partial charge in [0.2, 0.25) is 0 Å². The minimum Gasteiger partial charge on any atom is -0.316 e. The van der Waals surface area contributed by atoms with Crippen LogP contribution in [-0.4, -0.2) is 18.8 Å². The number of hydrogen-bond donors (Lipinski definition) is 1. The zero-order chi connectivity index (χ0) is 13.1. The molecule has 0 aliphatic rings. The second-order valence-electron chi connectivity index (χ2n) is 4.81. The summed E-state index contributed by atoms with van der Waals surface area (Å²) in [6.45, 7) is 6.87. The van der Waals surface area contributed by atoms with E-state index < -0.39 is 0 Å². The molecule has 1 nitrogen and oxygen atoms in total. The molecule has 18 heavy (non-hydrogen) atoms. The van der Waals surface area contributed by atoms with Crippen molar-refractivity contribution in [1.82, 2.24) is 5.32 Å². The highest BCUT2D eigenvalue weighted by Crippen LogP contribution is 2.21. The van der Waals surface area contributed by atoms with Gasteiger partial charge in [0.15, 0.2) is 0 Å². The third-order valence-electron chi connectivity index (χ3n) is 3.09. The first-order chi connectivity index (χ1) is 8.86. The average molecular weight is 265 g/mol. The summed E-state index contributed by atoms with van der Waals surface area (Å²) in [6, 6.07) is 10.7. The van der Waals surface area contributed by atoms with Gasteiger partial charge in [-0.05, 0) is 56.2 Å². The SMILES string of the molecule is CCCNCC(CCC)CCSc1ccccc1. The summed E-state index contributed by atoms with van der Waals surface area (Å²) in [4.78, 5) is 1.40. The third-order valence-corrected chi connectivity index (χ3v) is 4.14. The van der Waals surface area contributed by atoms with Gasteiger partial charge >= 0.3 is 0 Å². The molecule has 0 heterocycles. The summed E-state index contributed by atoms with van der Waals surface area (Å²) in [5.74, 6) is 2.08. The Morgan fingerprint density at radius 2 is 1.83 bits per heavy atom. The van der Waals surface area contributed by atoms with Gasteiger partial charge in [-0.3, -0.25) is 0 Å². The van der Waals surface area contributed by atoms with Gasteiger partial charge in [-0.25, -0.2) is 0 Å². The van der Waals surface area contributed by atoms with Crippen molar-refractivity contribution in [2.75, 3.05) is 18.8 Å². The first-order valence-corrected chi connectivity index (χ1v) is 8.24. The Kier molecular flexibility index (Phi) is 9.05. The zero-order valence-corrected chi connectivity index (χ0v) is 12.6. The summed E-state index contributed by atoms with van der Waals surface area (Å²) in [5, 5.41) is 3.56. The molecule has 0 saturated heterocycles. The summed E-state index contributed by atoms with van der Waals surface area (Å²) in [5.41, 5.74) is 0. The smallest absolute Gasteiger partial charge is 0.00719 e. The van der Waals surface area contributed by atoms with Gasteiger partial charge in [-0.15, -0.1) is 11.8 Å². The van der Waals surface area contributed by atoms with Crippen molar-refractivity contribution in [2.24, 2.45) is 5.92 Å². The van der Waals surface area contributed by atoms with Gasteiger partial charge < -0.3 is 5.32 Å². The molecule has 0 amide bonds. The van der Waals surface area contributed by atoms with Crippen LogP contribution in [-0.2, 0) is 0 Å². The Morgan fingerprint density at radius 1 is 1.06 bits per heavy atom. The second-order valence-corrected chi connectivity index (χ2v) is 5.98. The summed E-state index contributed by atoms with van der Waals surface area (Å²) < 4.78 is 0. The van der Waals surface area contributed by atoms with Gasteiger partial charge in [0.25, 0.3) is 0 Å². The van der Waals surface area contributed by atoms with Crippen LogP contribution < -0.4 is 5.32 Å². The van der Waals surface area contributed by atoms with Crippen molar-refractivity contribution in [3.63, 3.8) is 0 Å². The van der Waals surface area contributed by atoms with Gasteiger partial charge in [0.1, 0.15) is 0 Å². The molecule has 1 aromatic carbocycles. The number of hydrogen-bond acceptors (Lipinski definition) is 2. The summed E-state index contributed by atoms with van der Waals surface area (Å²) >= 11 is 1.99. The lowest BCUT2D eigenvalue weighted by Crippen LogP contribution is -2.24. The predicted octanol–water partition coefficient (Wildman–Crippen LogP) is 4.58. The number of thioether (sulfide) groups is 1. The van der Waals surface area contributed by atoms with E-state index in [1.54, 1.807) is 0 Å². The number of rotatable bonds is 10. The summed E-state index contributed by atoms with van der Waals surface area (Å²) in [6.07, 6.45) is 5.21. The van der Waals surface area contributed by atoms with Gasteiger partial charge in [0.05, 0.1) is 0 Å². The molecule has 0 aromatic heterocycles. The zero-order valence-electron chi connectivity index (χ0n) is 11.8. The monoisotopic (exact) mass is 265 g/mol. The Morgan fingerprint density at radius 3 is 2.50 bits per heavy atom. The van der Waals surface area contributed by atoms with Crippen LogP contribution in [0.25, 0.3) is 0 Å². The molecule has 0 saturated carbocycles. The van der Waals surface area contributed by atoms with Crippen LogP contribution in [0.3, 0.4) is 0 Å². The quantitative estimate of drug-likeness (QED) is 0.491. The highest BCUT2D eigenvalue weighted by atomic mass is 32.2. The van der Waals surface area contributed by atoms with E-state index in [0.29, 0.717) is 0 Å². The molecule has 0 radical (unpaired) electrons. The second kappa shape index (κ2) is 10.5. The normalized spacial score (nSPS) is 12.6. The molecule has 0 fully saturated rings. The highest BCUT2D eigenvalue weighted by molar-refractivity contribution is 7.99. The van der Waals surface area contributed by atoms with Crippen LogP contribution in [0.1, 0.15) is 39.5 Å². The molecule has 0 aliphatic carbocycles. The van der Waals surface area contributed by atoms with Crippen LogP contribution >= 0.6 is 11.8 Å². The maximum Gasteiger partial charge on any atom is 0.00719 e. The number of nitrogens with one attached hydrogen (secondary N) is 1. The van der Waals surface area contributed by atoms with Gasteiger partial charge in [-0.2, -0.15) is 0 Å². The molecular formula is C16H27NS. The van der Waals surface area contributed by atoms with Crippen LogP contribution in [0.5, 0.6) is 0 Å². The average Bonchev–Trinajstić information content (AvgIpc) is 2.40. The predicted molar refractivity (Wildman–Crippen MR) is 83.3 cm³/mol. The maximum absolute atomic E-state index is 3.56. The van der Waals surface area contributed by atoms with E-state index in [0.717, 1.165) is 12.5 Å². The van der Waals surface area contributed by atoms with Crippen LogP contribution in [0.4, 0.5) is 0 Å². The number of benzene rings is 1. The molecule has 1 N–H and O–H groups in total. The Labute approximate surface area is 117 Å².